The summed E-state index contributed by atoms with van der Waals surface area (Å²) in [5, 5.41) is 17.5. The van der Waals surface area contributed by atoms with Gasteiger partial charge in [-0.15, -0.1) is 0 Å². The first-order chi connectivity index (χ1) is 10.7. The predicted octanol–water partition coefficient (Wildman–Crippen LogP) is 1.17. The van der Waals surface area contributed by atoms with Gasteiger partial charge in [0.25, 0.3) is 0 Å². The number of nitrogens with one attached hydrogen (secondary N) is 1. The van der Waals surface area contributed by atoms with E-state index in [0.29, 0.717) is 24.2 Å². The predicted molar refractivity (Wildman–Crippen MR) is 88.1 cm³/mol. The van der Waals surface area contributed by atoms with Gasteiger partial charge in [-0.3, -0.25) is 0 Å². The van der Waals surface area contributed by atoms with Crippen LogP contribution in [0.4, 0.5) is 5.69 Å². The number of primary sulfonamides is 1. The van der Waals surface area contributed by atoms with Crippen LogP contribution in [0.25, 0.3) is 0 Å². The van der Waals surface area contributed by atoms with E-state index in [1.807, 2.05) is 0 Å². The first-order valence-electron chi connectivity index (χ1n) is 7.56. The van der Waals surface area contributed by atoms with Gasteiger partial charge >= 0.3 is 5.97 Å². The summed E-state index contributed by atoms with van der Waals surface area (Å²) in [7, 11) is -3.92. The summed E-state index contributed by atoms with van der Waals surface area (Å²) in [6.45, 7) is 6.98. The second-order valence-corrected chi connectivity index (χ2v) is 7.74. The normalized spacial score (nSPS) is 19.2. The van der Waals surface area contributed by atoms with E-state index in [1.165, 1.54) is 12.1 Å². The number of nitrogens with zero attached hydrogens (tertiary/aromatic N) is 1. The van der Waals surface area contributed by atoms with Crippen LogP contribution < -0.4 is 10.5 Å². The Morgan fingerprint density at radius 1 is 1.48 bits per heavy atom. The van der Waals surface area contributed by atoms with Crippen molar-refractivity contribution in [3.63, 3.8) is 0 Å². The molecule has 128 valence electrons. The van der Waals surface area contributed by atoms with Gasteiger partial charge < -0.3 is 15.3 Å². The van der Waals surface area contributed by atoms with Gasteiger partial charge in [-0.2, -0.15) is 0 Å². The zero-order valence-corrected chi connectivity index (χ0v) is 14.1. The summed E-state index contributed by atoms with van der Waals surface area (Å²) in [5.41, 5.74) is 0.322. The second-order valence-electron chi connectivity index (χ2n) is 6.18. The zero-order chi connectivity index (χ0) is 17.2. The third kappa shape index (κ3) is 4.43. The highest BCUT2D eigenvalue weighted by atomic mass is 32.2. The van der Waals surface area contributed by atoms with Crippen molar-refractivity contribution in [1.82, 2.24) is 4.90 Å². The standard InChI is InChI=1S/C15H23N3O4S/c1-10(2)18-6-5-11(9-18)8-17-14-4-3-12(23(16,21)22)7-13(14)15(19)20/h3-4,7,10-11,17H,5-6,8-9H2,1-2H3,(H,19,20)(H2,16,21,22). The average molecular weight is 341 g/mol. The molecule has 0 radical (unpaired) electrons. The van der Waals surface area contributed by atoms with Gasteiger partial charge in [0.15, 0.2) is 0 Å². The van der Waals surface area contributed by atoms with Gasteiger partial charge in [0.1, 0.15) is 0 Å². The molecule has 1 fully saturated rings. The summed E-state index contributed by atoms with van der Waals surface area (Å²) < 4.78 is 22.7. The highest BCUT2D eigenvalue weighted by Gasteiger charge is 2.24. The number of carboxylic acids is 1. The Balaban J connectivity index is 2.10. The number of likely N-dealkylation sites (tertiary alicyclic amines) is 1. The van der Waals surface area contributed by atoms with Gasteiger partial charge in [0.05, 0.1) is 10.5 Å². The van der Waals surface area contributed by atoms with E-state index < -0.39 is 16.0 Å². The Morgan fingerprint density at radius 2 is 2.17 bits per heavy atom. The summed E-state index contributed by atoms with van der Waals surface area (Å²) >= 11 is 0. The first kappa shape index (κ1) is 17.7. The molecule has 1 unspecified atom stereocenters. The van der Waals surface area contributed by atoms with Crippen LogP contribution in [-0.4, -0.2) is 50.1 Å². The third-order valence-electron chi connectivity index (χ3n) is 4.18. The molecular weight excluding hydrogens is 318 g/mol. The second kappa shape index (κ2) is 6.86. The minimum Gasteiger partial charge on any atom is -0.478 e. The maximum Gasteiger partial charge on any atom is 0.337 e. The van der Waals surface area contributed by atoms with Crippen LogP contribution in [-0.2, 0) is 10.0 Å². The van der Waals surface area contributed by atoms with Crippen LogP contribution in [0, 0.1) is 5.92 Å². The first-order valence-corrected chi connectivity index (χ1v) is 9.11. The van der Waals surface area contributed by atoms with Crippen LogP contribution in [0.1, 0.15) is 30.6 Å². The minimum atomic E-state index is -3.92. The lowest BCUT2D eigenvalue weighted by molar-refractivity contribution is 0.0697. The molecule has 1 aliphatic rings. The highest BCUT2D eigenvalue weighted by molar-refractivity contribution is 7.89. The number of hydrogen-bond acceptors (Lipinski definition) is 5. The van der Waals surface area contributed by atoms with E-state index >= 15 is 0 Å². The molecule has 1 aliphatic heterocycles. The van der Waals surface area contributed by atoms with Crippen LogP contribution in [0.5, 0.6) is 0 Å². The number of rotatable bonds is 6. The molecule has 0 saturated carbocycles. The molecule has 0 amide bonds. The van der Waals surface area contributed by atoms with E-state index in [-0.39, 0.29) is 10.5 Å². The fourth-order valence-corrected chi connectivity index (χ4v) is 3.32. The van der Waals surface area contributed by atoms with Crippen molar-refractivity contribution < 1.29 is 18.3 Å². The largest absolute Gasteiger partial charge is 0.478 e. The molecule has 2 rings (SSSR count). The maximum atomic E-state index is 11.4. The van der Waals surface area contributed by atoms with E-state index in [4.69, 9.17) is 5.14 Å². The van der Waals surface area contributed by atoms with Crippen LogP contribution >= 0.6 is 0 Å². The molecule has 1 atom stereocenters. The van der Waals surface area contributed by atoms with Crippen molar-refractivity contribution in [3.8, 4) is 0 Å². The minimum absolute atomic E-state index is 0.0877. The van der Waals surface area contributed by atoms with Gasteiger partial charge in [0, 0.05) is 24.8 Å². The Bertz CT molecular complexity index is 688. The molecule has 0 spiro atoms. The number of sulfonamides is 1. The van der Waals surface area contributed by atoms with Crippen molar-refractivity contribution in [1.29, 1.82) is 0 Å². The van der Waals surface area contributed by atoms with Gasteiger partial charge in [-0.1, -0.05) is 0 Å². The maximum absolute atomic E-state index is 11.4. The molecular formula is C15H23N3O4S. The molecule has 1 saturated heterocycles. The average Bonchev–Trinajstić information content (AvgIpc) is 2.92. The van der Waals surface area contributed by atoms with Gasteiger partial charge in [-0.25, -0.2) is 18.4 Å². The number of nitrogens with two attached hydrogens (primary N) is 1. The fraction of sp³-hybridized carbons (Fsp3) is 0.533. The zero-order valence-electron chi connectivity index (χ0n) is 13.3. The lowest BCUT2D eigenvalue weighted by Gasteiger charge is -2.20. The molecule has 0 aromatic heterocycles. The SMILES string of the molecule is CC(C)N1CCC(CNc2ccc(S(N)(=O)=O)cc2C(=O)O)C1. The lowest BCUT2D eigenvalue weighted by Crippen LogP contribution is -2.29. The molecule has 8 heteroatoms. The fourth-order valence-electron chi connectivity index (χ4n) is 2.78. The van der Waals surface area contributed by atoms with Crippen molar-refractivity contribution in [2.45, 2.75) is 31.2 Å². The summed E-state index contributed by atoms with van der Waals surface area (Å²) in [5.74, 6) is -0.745. The molecule has 4 N–H and O–H groups in total. The van der Waals surface area contributed by atoms with Crippen molar-refractivity contribution >= 4 is 21.7 Å². The summed E-state index contributed by atoms with van der Waals surface area (Å²) in [4.78, 5) is 13.5. The van der Waals surface area contributed by atoms with E-state index in [2.05, 4.69) is 24.1 Å². The molecule has 0 aliphatic carbocycles. The monoisotopic (exact) mass is 341 g/mol. The highest BCUT2D eigenvalue weighted by Crippen LogP contribution is 2.23. The van der Waals surface area contributed by atoms with Crippen molar-refractivity contribution in [2.24, 2.45) is 11.1 Å². The van der Waals surface area contributed by atoms with Crippen molar-refractivity contribution in [2.75, 3.05) is 25.0 Å². The molecule has 0 bridgehead atoms. The quantitative estimate of drug-likeness (QED) is 0.716. The molecule has 1 heterocycles. The smallest absolute Gasteiger partial charge is 0.337 e. The third-order valence-corrected chi connectivity index (χ3v) is 5.09. The number of benzene rings is 1. The number of carbonyl (C=O) groups is 1. The Labute approximate surface area is 136 Å². The summed E-state index contributed by atoms with van der Waals surface area (Å²) in [6.07, 6.45) is 1.06. The summed E-state index contributed by atoms with van der Waals surface area (Å²) in [6, 6.07) is 4.37. The van der Waals surface area contributed by atoms with Crippen molar-refractivity contribution in [3.05, 3.63) is 23.8 Å². The van der Waals surface area contributed by atoms with Crippen LogP contribution in [0.2, 0.25) is 0 Å². The number of aromatic carboxylic acids is 1. The van der Waals surface area contributed by atoms with Crippen LogP contribution in [0.15, 0.2) is 23.1 Å². The van der Waals surface area contributed by atoms with E-state index in [0.717, 1.165) is 25.6 Å². The topological polar surface area (TPSA) is 113 Å². The lowest BCUT2D eigenvalue weighted by atomic mass is 10.1. The molecule has 1 aromatic carbocycles. The Morgan fingerprint density at radius 3 is 2.70 bits per heavy atom. The van der Waals surface area contributed by atoms with Gasteiger partial charge in [0.2, 0.25) is 10.0 Å². The van der Waals surface area contributed by atoms with E-state index in [1.54, 1.807) is 0 Å². The molecule has 1 aromatic rings. The molecule has 7 nitrogen and oxygen atoms in total. The Kier molecular flexibility index (Phi) is 5.28. The number of hydrogen-bond donors (Lipinski definition) is 3. The Hall–Kier alpha value is -1.64. The number of anilines is 1. The van der Waals surface area contributed by atoms with Gasteiger partial charge in [-0.05, 0) is 50.9 Å². The number of carboxylic acid groups (broad SMARTS) is 1. The molecule has 23 heavy (non-hydrogen) atoms. The van der Waals surface area contributed by atoms with E-state index in [9.17, 15) is 18.3 Å². The van der Waals surface area contributed by atoms with Crippen LogP contribution in [0.3, 0.4) is 0 Å².